The largest absolute Gasteiger partial charge is 0.491 e. The summed E-state index contributed by atoms with van der Waals surface area (Å²) >= 11 is 1.26. The number of nitro groups is 1. The second-order valence-electron chi connectivity index (χ2n) is 7.99. The summed E-state index contributed by atoms with van der Waals surface area (Å²) in [6, 6.07) is 11.1. The lowest BCUT2D eigenvalue weighted by Gasteiger charge is -2.14. The topological polar surface area (TPSA) is 121 Å². The summed E-state index contributed by atoms with van der Waals surface area (Å²) in [5.74, 6) is -0.00671. The molecule has 0 bridgehead atoms. The predicted octanol–water partition coefficient (Wildman–Crippen LogP) is 5.19. The number of hydrogen-bond acceptors (Lipinski definition) is 8. The van der Waals surface area contributed by atoms with Crippen LogP contribution in [-0.2, 0) is 11.2 Å². The molecule has 0 aliphatic rings. The minimum atomic E-state index is -0.541. The van der Waals surface area contributed by atoms with E-state index < -0.39 is 4.92 Å². The van der Waals surface area contributed by atoms with Gasteiger partial charge in [-0.3, -0.25) is 19.3 Å². The first kappa shape index (κ1) is 25.2. The summed E-state index contributed by atoms with van der Waals surface area (Å²) in [7, 11) is 0. The number of thioether (sulfide) groups is 1. The van der Waals surface area contributed by atoms with Crippen LogP contribution in [0.15, 0.2) is 41.6 Å². The van der Waals surface area contributed by atoms with Gasteiger partial charge in [-0.15, -0.1) is 10.2 Å². The Balaban J connectivity index is 1.60. The fourth-order valence-corrected chi connectivity index (χ4v) is 4.67. The van der Waals surface area contributed by atoms with E-state index in [9.17, 15) is 14.9 Å². The third-order valence-electron chi connectivity index (χ3n) is 5.56. The molecule has 0 saturated carbocycles. The molecule has 0 atom stereocenters. The SMILES string of the molecule is CCOc1cc([N+](=O)[O-])c(OCC)cc1NC(=O)CSc1nnc2c(C)cc3cc(CC)ccc3n12. The lowest BCUT2D eigenvalue weighted by molar-refractivity contribution is -0.385. The highest BCUT2D eigenvalue weighted by atomic mass is 32.2. The van der Waals surface area contributed by atoms with E-state index in [1.807, 2.05) is 11.3 Å². The number of fused-ring (bicyclic) bond motifs is 3. The molecular weight excluding hydrogens is 482 g/mol. The Kier molecular flexibility index (Phi) is 7.58. The third kappa shape index (κ3) is 5.06. The molecule has 2 heterocycles. The van der Waals surface area contributed by atoms with Crippen molar-refractivity contribution in [2.45, 2.75) is 39.3 Å². The number of nitrogens with zero attached hydrogens (tertiary/aromatic N) is 4. The molecule has 188 valence electrons. The first-order valence-electron chi connectivity index (χ1n) is 11.6. The van der Waals surface area contributed by atoms with Crippen LogP contribution in [0.5, 0.6) is 11.5 Å². The summed E-state index contributed by atoms with van der Waals surface area (Å²) in [6.07, 6.45) is 0.939. The third-order valence-corrected chi connectivity index (χ3v) is 6.49. The van der Waals surface area contributed by atoms with Crippen LogP contribution in [0.3, 0.4) is 0 Å². The van der Waals surface area contributed by atoms with E-state index >= 15 is 0 Å². The molecule has 0 fully saturated rings. The van der Waals surface area contributed by atoms with Crippen molar-refractivity contribution >= 4 is 45.6 Å². The number of nitrogens with one attached hydrogen (secondary N) is 1. The van der Waals surface area contributed by atoms with Gasteiger partial charge >= 0.3 is 5.69 Å². The van der Waals surface area contributed by atoms with E-state index in [0.29, 0.717) is 10.8 Å². The Morgan fingerprint density at radius 1 is 1.08 bits per heavy atom. The number of rotatable bonds is 10. The number of amides is 1. The predicted molar refractivity (Wildman–Crippen MR) is 139 cm³/mol. The van der Waals surface area contributed by atoms with Gasteiger partial charge in [0.15, 0.2) is 16.6 Å². The van der Waals surface area contributed by atoms with Crippen LogP contribution in [0, 0.1) is 17.0 Å². The smallest absolute Gasteiger partial charge is 0.314 e. The summed E-state index contributed by atoms with van der Waals surface area (Å²) in [5, 5.41) is 24.6. The lowest BCUT2D eigenvalue weighted by atomic mass is 10.1. The number of aromatic nitrogens is 3. The first-order valence-corrected chi connectivity index (χ1v) is 12.6. The minimum Gasteiger partial charge on any atom is -0.491 e. The van der Waals surface area contributed by atoms with Gasteiger partial charge in [-0.05, 0) is 61.9 Å². The van der Waals surface area contributed by atoms with Gasteiger partial charge in [0.25, 0.3) is 0 Å². The van der Waals surface area contributed by atoms with Crippen molar-refractivity contribution in [2.24, 2.45) is 0 Å². The normalized spacial score (nSPS) is 11.1. The van der Waals surface area contributed by atoms with Crippen LogP contribution >= 0.6 is 11.8 Å². The number of pyridine rings is 1. The van der Waals surface area contributed by atoms with E-state index in [0.717, 1.165) is 28.5 Å². The minimum absolute atomic E-state index is 0.0514. The van der Waals surface area contributed by atoms with Crippen molar-refractivity contribution < 1.29 is 19.2 Å². The molecule has 2 aromatic carbocycles. The quantitative estimate of drug-likeness (QED) is 0.176. The van der Waals surface area contributed by atoms with Gasteiger partial charge < -0.3 is 14.8 Å². The van der Waals surface area contributed by atoms with Gasteiger partial charge in [0.2, 0.25) is 5.91 Å². The number of ether oxygens (including phenoxy) is 2. The zero-order chi connectivity index (χ0) is 25.8. The number of benzene rings is 2. The van der Waals surface area contributed by atoms with Crippen molar-refractivity contribution in [2.75, 3.05) is 24.3 Å². The van der Waals surface area contributed by atoms with Crippen LogP contribution in [-0.4, -0.2) is 44.4 Å². The summed E-state index contributed by atoms with van der Waals surface area (Å²) in [6.45, 7) is 8.11. The zero-order valence-electron chi connectivity index (χ0n) is 20.5. The monoisotopic (exact) mass is 509 g/mol. The zero-order valence-corrected chi connectivity index (χ0v) is 21.3. The van der Waals surface area contributed by atoms with Crippen LogP contribution in [0.4, 0.5) is 11.4 Å². The van der Waals surface area contributed by atoms with Gasteiger partial charge in [0, 0.05) is 6.07 Å². The van der Waals surface area contributed by atoms with Crippen molar-refractivity contribution in [1.29, 1.82) is 0 Å². The molecule has 1 N–H and O–H groups in total. The maximum atomic E-state index is 12.9. The Bertz CT molecular complexity index is 1450. The van der Waals surface area contributed by atoms with Crippen molar-refractivity contribution in [3.63, 3.8) is 0 Å². The van der Waals surface area contributed by atoms with Gasteiger partial charge in [0.1, 0.15) is 5.75 Å². The maximum absolute atomic E-state index is 12.9. The second-order valence-corrected chi connectivity index (χ2v) is 8.93. The fraction of sp³-hybridized carbons (Fsp3) is 0.320. The van der Waals surface area contributed by atoms with Crippen LogP contribution in [0.1, 0.15) is 31.9 Å². The van der Waals surface area contributed by atoms with E-state index in [1.54, 1.807) is 13.8 Å². The van der Waals surface area contributed by atoms with Crippen LogP contribution in [0.25, 0.3) is 16.6 Å². The molecule has 0 aliphatic heterocycles. The molecule has 11 heteroatoms. The van der Waals surface area contributed by atoms with Crippen molar-refractivity contribution in [1.82, 2.24) is 14.6 Å². The van der Waals surface area contributed by atoms with E-state index in [-0.39, 0.29) is 42.1 Å². The van der Waals surface area contributed by atoms with E-state index in [4.69, 9.17) is 9.47 Å². The average molecular weight is 510 g/mol. The van der Waals surface area contributed by atoms with E-state index in [1.165, 1.54) is 29.5 Å². The Morgan fingerprint density at radius 2 is 1.83 bits per heavy atom. The molecule has 36 heavy (non-hydrogen) atoms. The Morgan fingerprint density at radius 3 is 2.53 bits per heavy atom. The van der Waals surface area contributed by atoms with Gasteiger partial charge in [-0.1, -0.05) is 24.8 Å². The number of carbonyl (C=O) groups excluding carboxylic acids is 1. The number of hydrogen-bond donors (Lipinski definition) is 1. The van der Waals surface area contributed by atoms with Crippen molar-refractivity contribution in [3.05, 3.63) is 57.6 Å². The highest BCUT2D eigenvalue weighted by molar-refractivity contribution is 7.99. The number of nitro benzene ring substituents is 1. The van der Waals surface area contributed by atoms with Crippen LogP contribution < -0.4 is 14.8 Å². The number of carbonyl (C=O) groups is 1. The summed E-state index contributed by atoms with van der Waals surface area (Å²) in [4.78, 5) is 23.8. The van der Waals surface area contributed by atoms with E-state index in [2.05, 4.69) is 46.7 Å². The summed E-state index contributed by atoms with van der Waals surface area (Å²) < 4.78 is 12.9. The van der Waals surface area contributed by atoms with Gasteiger partial charge in [-0.2, -0.15) is 0 Å². The molecule has 0 spiro atoms. The molecule has 10 nitrogen and oxygen atoms in total. The van der Waals surface area contributed by atoms with Crippen molar-refractivity contribution in [3.8, 4) is 11.5 Å². The summed E-state index contributed by atoms with van der Waals surface area (Å²) in [5.41, 5.74) is 4.02. The highest BCUT2D eigenvalue weighted by Crippen LogP contribution is 2.38. The Labute approximate surface area is 212 Å². The molecule has 0 unspecified atom stereocenters. The standard InChI is InChI=1S/C25H27N5O5S/c1-5-16-8-9-19-17(11-16)10-15(4)24-27-28-25(29(19)24)36-14-23(31)26-18-12-22(35-7-3)20(30(32)33)13-21(18)34-6-2/h8-13H,5-7,14H2,1-4H3,(H,26,31). The Hall–Kier alpha value is -3.86. The molecule has 0 radical (unpaired) electrons. The molecule has 4 aromatic rings. The fourth-order valence-electron chi connectivity index (χ4n) is 3.93. The highest BCUT2D eigenvalue weighted by Gasteiger charge is 2.22. The van der Waals surface area contributed by atoms with Crippen LogP contribution in [0.2, 0.25) is 0 Å². The number of aryl methyl sites for hydroxylation is 2. The number of anilines is 1. The maximum Gasteiger partial charge on any atom is 0.314 e. The molecule has 0 aliphatic carbocycles. The average Bonchev–Trinajstić information content (AvgIpc) is 3.29. The molecular formula is C25H27N5O5S. The molecule has 1 amide bonds. The van der Waals surface area contributed by atoms with Gasteiger partial charge in [-0.25, -0.2) is 0 Å². The second kappa shape index (κ2) is 10.8. The molecule has 0 saturated heterocycles. The molecule has 2 aromatic heterocycles. The van der Waals surface area contributed by atoms with Gasteiger partial charge in [0.05, 0.1) is 41.2 Å². The lowest BCUT2D eigenvalue weighted by Crippen LogP contribution is -2.16. The first-order chi connectivity index (χ1) is 17.4. The molecule has 4 rings (SSSR count).